The highest BCUT2D eigenvalue weighted by molar-refractivity contribution is 6.35. The van der Waals surface area contributed by atoms with Crippen LogP contribution in [0.15, 0.2) is 23.2 Å². The minimum absolute atomic E-state index is 0.493. The monoisotopic (exact) mass is 299 g/mol. The van der Waals surface area contributed by atoms with Crippen LogP contribution < -0.4 is 11.1 Å². The molecule has 1 fully saturated rings. The largest absolute Gasteiger partial charge is 0.370 e. The first kappa shape index (κ1) is 14.5. The first-order chi connectivity index (χ1) is 9.11. The van der Waals surface area contributed by atoms with Gasteiger partial charge in [-0.05, 0) is 42.4 Å². The Hall–Kier alpha value is -0.930. The molecule has 5 heteroatoms. The number of rotatable bonds is 5. The summed E-state index contributed by atoms with van der Waals surface area (Å²) < 4.78 is 0. The molecule has 3 N–H and O–H groups in total. The number of nitrogens with two attached hydrogens (primary N) is 1. The van der Waals surface area contributed by atoms with Crippen molar-refractivity contribution in [1.82, 2.24) is 5.32 Å². The molecular formula is C14H19Cl2N3. The second-order valence-corrected chi connectivity index (χ2v) is 5.76. The predicted molar refractivity (Wildman–Crippen MR) is 82.1 cm³/mol. The van der Waals surface area contributed by atoms with E-state index in [0.29, 0.717) is 22.8 Å². The number of nitrogens with one attached hydrogen (secondary N) is 1. The number of hydrogen-bond acceptors (Lipinski definition) is 1. The Labute approximate surface area is 124 Å². The van der Waals surface area contributed by atoms with Gasteiger partial charge in [0.05, 0.1) is 0 Å². The molecule has 0 heterocycles. The Balaban J connectivity index is 1.87. The molecule has 2 rings (SSSR count). The zero-order chi connectivity index (χ0) is 13.8. The van der Waals surface area contributed by atoms with Crippen LogP contribution in [0.25, 0.3) is 0 Å². The van der Waals surface area contributed by atoms with Crippen LogP contribution in [-0.4, -0.2) is 19.0 Å². The second kappa shape index (κ2) is 6.49. The van der Waals surface area contributed by atoms with Gasteiger partial charge < -0.3 is 11.1 Å². The maximum atomic E-state index is 6.20. The van der Waals surface area contributed by atoms with Gasteiger partial charge in [0.25, 0.3) is 0 Å². The first-order valence-corrected chi connectivity index (χ1v) is 7.36. The third-order valence-electron chi connectivity index (χ3n) is 3.34. The lowest BCUT2D eigenvalue weighted by atomic mass is 10.1. The summed E-state index contributed by atoms with van der Waals surface area (Å²) in [4.78, 5) is 4.36. The van der Waals surface area contributed by atoms with E-state index in [0.717, 1.165) is 31.0 Å². The highest BCUT2D eigenvalue weighted by Crippen LogP contribution is 2.49. The summed E-state index contributed by atoms with van der Waals surface area (Å²) >= 11 is 12.1. The van der Waals surface area contributed by atoms with Crippen LogP contribution in [0.5, 0.6) is 0 Å². The van der Waals surface area contributed by atoms with Crippen LogP contribution in [0.2, 0.25) is 10.0 Å². The van der Waals surface area contributed by atoms with Gasteiger partial charge in [0.2, 0.25) is 0 Å². The highest BCUT2D eigenvalue weighted by Gasteiger charge is 2.39. The Morgan fingerprint density at radius 2 is 2.26 bits per heavy atom. The molecule has 1 aromatic carbocycles. The normalized spacial score (nSPS) is 22.4. The Morgan fingerprint density at radius 1 is 1.47 bits per heavy atom. The minimum atomic E-state index is 0.493. The van der Waals surface area contributed by atoms with Crippen LogP contribution in [0.4, 0.5) is 0 Å². The lowest BCUT2D eigenvalue weighted by Gasteiger charge is -2.04. The lowest BCUT2D eigenvalue weighted by molar-refractivity contribution is 0.784. The van der Waals surface area contributed by atoms with Crippen molar-refractivity contribution in [3.63, 3.8) is 0 Å². The van der Waals surface area contributed by atoms with Gasteiger partial charge in [0, 0.05) is 23.1 Å². The summed E-state index contributed by atoms with van der Waals surface area (Å²) in [6.07, 6.45) is 2.16. The molecule has 0 aliphatic heterocycles. The fourth-order valence-electron chi connectivity index (χ4n) is 2.16. The number of guanidine groups is 1. The molecular weight excluding hydrogens is 281 g/mol. The van der Waals surface area contributed by atoms with Crippen molar-refractivity contribution in [2.24, 2.45) is 16.6 Å². The molecule has 0 saturated heterocycles. The molecule has 1 aromatic rings. The maximum Gasteiger partial charge on any atom is 0.188 e. The zero-order valence-corrected chi connectivity index (χ0v) is 12.5. The zero-order valence-electron chi connectivity index (χ0n) is 11.0. The average molecular weight is 300 g/mol. The molecule has 2 unspecified atom stereocenters. The molecule has 1 saturated carbocycles. The fraction of sp³-hybridized carbons (Fsp3) is 0.500. The van der Waals surface area contributed by atoms with Crippen LogP contribution in [0.3, 0.4) is 0 Å². The van der Waals surface area contributed by atoms with E-state index in [-0.39, 0.29) is 0 Å². The van der Waals surface area contributed by atoms with E-state index in [1.165, 1.54) is 5.56 Å². The number of nitrogens with zero attached hydrogens (tertiary/aromatic N) is 1. The van der Waals surface area contributed by atoms with Crippen molar-refractivity contribution in [3.8, 4) is 0 Å². The molecule has 19 heavy (non-hydrogen) atoms. The van der Waals surface area contributed by atoms with Gasteiger partial charge in [0.1, 0.15) is 0 Å². The van der Waals surface area contributed by atoms with E-state index in [1.54, 1.807) is 6.07 Å². The van der Waals surface area contributed by atoms with Crippen LogP contribution in [-0.2, 0) is 0 Å². The Kier molecular flexibility index (Phi) is 4.94. The first-order valence-electron chi connectivity index (χ1n) is 6.60. The molecule has 1 aliphatic carbocycles. The third-order valence-corrected chi connectivity index (χ3v) is 3.90. The Morgan fingerprint density at radius 3 is 2.95 bits per heavy atom. The van der Waals surface area contributed by atoms with Gasteiger partial charge >= 0.3 is 0 Å². The van der Waals surface area contributed by atoms with E-state index < -0.39 is 0 Å². The van der Waals surface area contributed by atoms with Crippen molar-refractivity contribution in [2.75, 3.05) is 13.1 Å². The van der Waals surface area contributed by atoms with E-state index in [2.05, 4.69) is 17.2 Å². The van der Waals surface area contributed by atoms with Gasteiger partial charge in [-0.1, -0.05) is 36.2 Å². The van der Waals surface area contributed by atoms with Gasteiger partial charge in [0.15, 0.2) is 5.96 Å². The molecule has 0 bridgehead atoms. The van der Waals surface area contributed by atoms with Crippen LogP contribution >= 0.6 is 23.2 Å². The smallest absolute Gasteiger partial charge is 0.188 e. The van der Waals surface area contributed by atoms with Crippen LogP contribution in [0, 0.1) is 5.92 Å². The fourth-order valence-corrected chi connectivity index (χ4v) is 2.71. The summed E-state index contributed by atoms with van der Waals surface area (Å²) in [7, 11) is 0. The molecule has 3 nitrogen and oxygen atoms in total. The summed E-state index contributed by atoms with van der Waals surface area (Å²) in [5, 5.41) is 4.50. The van der Waals surface area contributed by atoms with Gasteiger partial charge in [-0.3, -0.25) is 4.99 Å². The van der Waals surface area contributed by atoms with E-state index in [9.17, 15) is 0 Å². The van der Waals surface area contributed by atoms with Crippen molar-refractivity contribution < 1.29 is 0 Å². The molecule has 0 spiro atoms. The number of hydrogen-bond donors (Lipinski definition) is 2. The van der Waals surface area contributed by atoms with E-state index in [1.807, 2.05) is 12.1 Å². The SMILES string of the molecule is CCCNC(N)=NCC1CC1c1ccc(Cl)cc1Cl. The van der Waals surface area contributed by atoms with Crippen molar-refractivity contribution in [1.29, 1.82) is 0 Å². The topological polar surface area (TPSA) is 50.4 Å². The number of halogens is 2. The average Bonchev–Trinajstić information content (AvgIpc) is 3.13. The summed E-state index contributed by atoms with van der Waals surface area (Å²) in [6.45, 7) is 3.72. The molecule has 1 aliphatic rings. The lowest BCUT2D eigenvalue weighted by Crippen LogP contribution is -2.32. The van der Waals surface area contributed by atoms with Gasteiger partial charge in [-0.15, -0.1) is 0 Å². The molecule has 104 valence electrons. The predicted octanol–water partition coefficient (Wildman–Crippen LogP) is 3.41. The Bertz CT molecular complexity index is 474. The van der Waals surface area contributed by atoms with Gasteiger partial charge in [-0.25, -0.2) is 0 Å². The minimum Gasteiger partial charge on any atom is -0.370 e. The molecule has 0 radical (unpaired) electrons. The molecule has 2 atom stereocenters. The third kappa shape index (κ3) is 4.02. The molecule has 0 amide bonds. The van der Waals surface area contributed by atoms with Crippen molar-refractivity contribution in [2.45, 2.75) is 25.7 Å². The van der Waals surface area contributed by atoms with Crippen LogP contribution in [0.1, 0.15) is 31.2 Å². The quantitative estimate of drug-likeness (QED) is 0.646. The summed E-state index contributed by atoms with van der Waals surface area (Å²) in [6, 6.07) is 5.70. The maximum absolute atomic E-state index is 6.20. The number of benzene rings is 1. The standard InChI is InChI=1S/C14H19Cl2N3/c1-2-5-18-14(17)19-8-9-6-12(9)11-4-3-10(15)7-13(11)16/h3-4,7,9,12H,2,5-6,8H2,1H3,(H3,17,18,19). The number of aliphatic imine (C=N–C) groups is 1. The summed E-state index contributed by atoms with van der Waals surface area (Å²) in [5.74, 6) is 1.57. The highest BCUT2D eigenvalue weighted by atomic mass is 35.5. The van der Waals surface area contributed by atoms with E-state index >= 15 is 0 Å². The van der Waals surface area contributed by atoms with Gasteiger partial charge in [-0.2, -0.15) is 0 Å². The second-order valence-electron chi connectivity index (χ2n) is 4.92. The molecule has 0 aromatic heterocycles. The van der Waals surface area contributed by atoms with Crippen molar-refractivity contribution >= 4 is 29.2 Å². The summed E-state index contributed by atoms with van der Waals surface area (Å²) in [5.41, 5.74) is 6.94. The van der Waals surface area contributed by atoms with Crippen molar-refractivity contribution in [3.05, 3.63) is 33.8 Å². The van der Waals surface area contributed by atoms with E-state index in [4.69, 9.17) is 28.9 Å².